The van der Waals surface area contributed by atoms with E-state index in [4.69, 9.17) is 0 Å². The van der Waals surface area contributed by atoms with Crippen LogP contribution in [0.2, 0.25) is 0 Å². The molecule has 1 unspecified atom stereocenters. The molecule has 0 saturated carbocycles. The lowest BCUT2D eigenvalue weighted by Crippen LogP contribution is -2.44. The molecule has 2 aliphatic rings. The zero-order chi connectivity index (χ0) is 15.6. The van der Waals surface area contributed by atoms with E-state index in [1.54, 1.807) is 38.2 Å². The summed E-state index contributed by atoms with van der Waals surface area (Å²) in [6.45, 7) is 3.40. The van der Waals surface area contributed by atoms with Crippen molar-refractivity contribution in [2.75, 3.05) is 0 Å². The van der Waals surface area contributed by atoms with Gasteiger partial charge in [-0.3, -0.25) is 14.4 Å². The number of fused-ring (bicyclic) bond motifs is 1. The molecule has 3 N–H and O–H groups in total. The van der Waals surface area contributed by atoms with Crippen LogP contribution in [0.3, 0.4) is 0 Å². The standard InChI is InChI=1S/C14H15N3O4/c1-7(2)15-13(20)14(21)17-10-11(18)8-5-3-4-6-9(8)16-12(10)19/h3-8,18H,1-2H3,(H,15,20)(H,17,21). The number of dihydropyridines is 1. The van der Waals surface area contributed by atoms with Gasteiger partial charge in [-0.15, -0.1) is 0 Å². The minimum absolute atomic E-state index is 0.219. The van der Waals surface area contributed by atoms with Crippen LogP contribution in [0, 0.1) is 5.92 Å². The Kier molecular flexibility index (Phi) is 4.02. The molecule has 1 aliphatic heterocycles. The molecular formula is C14H15N3O4. The van der Waals surface area contributed by atoms with Gasteiger partial charge in [-0.25, -0.2) is 4.99 Å². The number of allylic oxidation sites excluding steroid dienone is 4. The second kappa shape index (κ2) is 5.74. The van der Waals surface area contributed by atoms with Crippen molar-refractivity contribution >= 4 is 23.4 Å². The van der Waals surface area contributed by atoms with Gasteiger partial charge < -0.3 is 15.7 Å². The van der Waals surface area contributed by atoms with Gasteiger partial charge in [-0.2, -0.15) is 0 Å². The molecule has 0 spiro atoms. The minimum Gasteiger partial charge on any atom is -0.509 e. The van der Waals surface area contributed by atoms with Crippen LogP contribution in [-0.4, -0.2) is 34.6 Å². The summed E-state index contributed by atoms with van der Waals surface area (Å²) < 4.78 is 0. The van der Waals surface area contributed by atoms with Gasteiger partial charge >= 0.3 is 11.8 Å². The first kappa shape index (κ1) is 14.7. The van der Waals surface area contributed by atoms with Gasteiger partial charge in [0.2, 0.25) is 0 Å². The zero-order valence-electron chi connectivity index (χ0n) is 11.6. The van der Waals surface area contributed by atoms with Crippen molar-refractivity contribution in [1.82, 2.24) is 10.6 Å². The van der Waals surface area contributed by atoms with Crippen LogP contribution in [0.5, 0.6) is 0 Å². The van der Waals surface area contributed by atoms with Crippen LogP contribution >= 0.6 is 0 Å². The summed E-state index contributed by atoms with van der Waals surface area (Å²) in [5.41, 5.74) is 0.0252. The Morgan fingerprint density at radius 1 is 1.29 bits per heavy atom. The van der Waals surface area contributed by atoms with E-state index in [-0.39, 0.29) is 17.5 Å². The fraction of sp³-hybridized carbons (Fsp3) is 0.286. The van der Waals surface area contributed by atoms with Crippen LogP contribution < -0.4 is 10.6 Å². The first-order valence-corrected chi connectivity index (χ1v) is 6.43. The molecule has 7 heteroatoms. The fourth-order valence-electron chi connectivity index (χ4n) is 1.92. The Morgan fingerprint density at radius 2 is 2.00 bits per heavy atom. The number of amides is 3. The van der Waals surface area contributed by atoms with Gasteiger partial charge in [-0.1, -0.05) is 18.2 Å². The van der Waals surface area contributed by atoms with E-state index < -0.39 is 23.6 Å². The van der Waals surface area contributed by atoms with E-state index in [1.165, 1.54) is 0 Å². The molecule has 0 saturated heterocycles. The molecule has 1 aliphatic carbocycles. The summed E-state index contributed by atoms with van der Waals surface area (Å²) in [5.74, 6) is -3.60. The lowest BCUT2D eigenvalue weighted by molar-refractivity contribution is -0.139. The molecule has 0 aromatic carbocycles. The highest BCUT2D eigenvalue weighted by Crippen LogP contribution is 2.24. The number of nitrogens with zero attached hydrogens (tertiary/aromatic N) is 1. The number of aliphatic hydroxyl groups excluding tert-OH is 1. The van der Waals surface area contributed by atoms with Crippen molar-refractivity contribution in [3.8, 4) is 0 Å². The van der Waals surface area contributed by atoms with Crippen molar-refractivity contribution in [2.45, 2.75) is 19.9 Å². The Hall–Kier alpha value is -2.70. The molecule has 0 aromatic rings. The highest BCUT2D eigenvalue weighted by atomic mass is 16.3. The predicted octanol–water partition coefficient (Wildman–Crippen LogP) is 0.120. The maximum Gasteiger partial charge on any atom is 0.313 e. The monoisotopic (exact) mass is 289 g/mol. The molecule has 7 nitrogen and oxygen atoms in total. The highest BCUT2D eigenvalue weighted by Gasteiger charge is 2.32. The van der Waals surface area contributed by atoms with Crippen molar-refractivity contribution in [1.29, 1.82) is 0 Å². The summed E-state index contributed by atoms with van der Waals surface area (Å²) in [4.78, 5) is 38.8. The number of aliphatic imine (C=N–C) groups is 1. The van der Waals surface area contributed by atoms with E-state index in [0.717, 1.165) is 0 Å². The molecule has 0 bridgehead atoms. The first-order chi connectivity index (χ1) is 9.90. The van der Waals surface area contributed by atoms with E-state index in [1.807, 2.05) is 0 Å². The normalized spacial score (nSPS) is 20.2. The van der Waals surface area contributed by atoms with Gasteiger partial charge in [0.05, 0.1) is 11.6 Å². The van der Waals surface area contributed by atoms with Gasteiger partial charge in [-0.05, 0) is 19.9 Å². The van der Waals surface area contributed by atoms with Crippen molar-refractivity contribution in [3.05, 3.63) is 35.8 Å². The largest absolute Gasteiger partial charge is 0.509 e. The Labute approximate surface area is 121 Å². The Balaban J connectivity index is 2.18. The predicted molar refractivity (Wildman–Crippen MR) is 75.3 cm³/mol. The average molecular weight is 289 g/mol. The van der Waals surface area contributed by atoms with Gasteiger partial charge in [0, 0.05) is 6.04 Å². The van der Waals surface area contributed by atoms with Gasteiger partial charge in [0.25, 0.3) is 5.91 Å². The quantitative estimate of drug-likeness (QED) is 0.627. The third-order valence-corrected chi connectivity index (χ3v) is 2.86. The minimum atomic E-state index is -1.02. The third-order valence-electron chi connectivity index (χ3n) is 2.86. The third kappa shape index (κ3) is 3.07. The molecule has 2 rings (SSSR count). The number of aliphatic hydroxyl groups is 1. The SMILES string of the molecule is CC(C)NC(=O)C(=O)NC1=C(O)C2C=CC=CC2=NC1=O. The number of nitrogens with one attached hydrogen (secondary N) is 2. The van der Waals surface area contributed by atoms with Crippen molar-refractivity contribution in [2.24, 2.45) is 10.9 Å². The van der Waals surface area contributed by atoms with Gasteiger partial charge in [0.15, 0.2) is 0 Å². The molecule has 0 fully saturated rings. The number of carbonyl (C=O) groups excluding carboxylic acids is 3. The molecular weight excluding hydrogens is 274 g/mol. The maximum atomic E-state index is 11.8. The summed E-state index contributed by atoms with van der Waals surface area (Å²) in [5, 5.41) is 14.6. The van der Waals surface area contributed by atoms with Crippen LogP contribution in [-0.2, 0) is 14.4 Å². The fourth-order valence-corrected chi connectivity index (χ4v) is 1.92. The summed E-state index contributed by atoms with van der Waals surface area (Å²) in [7, 11) is 0. The highest BCUT2D eigenvalue weighted by molar-refractivity contribution is 6.36. The number of rotatable bonds is 2. The smallest absolute Gasteiger partial charge is 0.313 e. The van der Waals surface area contributed by atoms with Crippen LogP contribution in [0.4, 0.5) is 0 Å². The lowest BCUT2D eigenvalue weighted by atomic mass is 9.93. The number of hydrogen-bond donors (Lipinski definition) is 3. The lowest BCUT2D eigenvalue weighted by Gasteiger charge is -2.22. The van der Waals surface area contributed by atoms with Crippen molar-refractivity contribution in [3.63, 3.8) is 0 Å². The first-order valence-electron chi connectivity index (χ1n) is 6.43. The molecule has 0 radical (unpaired) electrons. The molecule has 21 heavy (non-hydrogen) atoms. The topological polar surface area (TPSA) is 108 Å². The Bertz CT molecular complexity index is 626. The molecule has 1 heterocycles. The number of hydrogen-bond acceptors (Lipinski definition) is 4. The maximum absolute atomic E-state index is 11.8. The molecule has 0 aromatic heterocycles. The van der Waals surface area contributed by atoms with E-state index in [0.29, 0.717) is 5.71 Å². The van der Waals surface area contributed by atoms with Crippen molar-refractivity contribution < 1.29 is 19.5 Å². The summed E-state index contributed by atoms with van der Waals surface area (Å²) in [6.07, 6.45) is 6.62. The van der Waals surface area contributed by atoms with E-state index >= 15 is 0 Å². The number of carbonyl (C=O) groups is 3. The molecule has 1 atom stereocenters. The zero-order valence-corrected chi connectivity index (χ0v) is 11.6. The van der Waals surface area contributed by atoms with Crippen LogP contribution in [0.25, 0.3) is 0 Å². The summed E-state index contributed by atoms with van der Waals surface area (Å²) in [6, 6.07) is -0.219. The second-order valence-corrected chi connectivity index (χ2v) is 4.91. The molecule has 110 valence electrons. The van der Waals surface area contributed by atoms with E-state index in [2.05, 4.69) is 15.6 Å². The Morgan fingerprint density at radius 3 is 2.67 bits per heavy atom. The average Bonchev–Trinajstić information content (AvgIpc) is 2.42. The summed E-state index contributed by atoms with van der Waals surface area (Å²) >= 11 is 0. The van der Waals surface area contributed by atoms with Crippen LogP contribution in [0.15, 0.2) is 40.8 Å². The van der Waals surface area contributed by atoms with E-state index in [9.17, 15) is 19.5 Å². The molecule has 3 amide bonds. The second-order valence-electron chi connectivity index (χ2n) is 4.91. The van der Waals surface area contributed by atoms with Crippen LogP contribution in [0.1, 0.15) is 13.8 Å². The van der Waals surface area contributed by atoms with Gasteiger partial charge in [0.1, 0.15) is 11.5 Å².